The van der Waals surface area contributed by atoms with E-state index < -0.39 is 0 Å². The predicted octanol–water partition coefficient (Wildman–Crippen LogP) is 4.69. The normalized spacial score (nSPS) is 10.8. The largest absolute Gasteiger partial charge is 0.488 e. The molecule has 2 nitrogen and oxygen atoms in total. The van der Waals surface area contributed by atoms with E-state index in [9.17, 15) is 0 Å². The van der Waals surface area contributed by atoms with Gasteiger partial charge in [-0.25, -0.2) is 0 Å². The number of rotatable bonds is 6. The Bertz CT molecular complexity index is 291. The molecule has 0 fully saturated rings. The van der Waals surface area contributed by atoms with Gasteiger partial charge < -0.3 is 9.47 Å². The topological polar surface area (TPSA) is 18.5 Å². The Morgan fingerprint density at radius 1 is 1.06 bits per heavy atom. The summed E-state index contributed by atoms with van der Waals surface area (Å²) in [5.41, 5.74) is -0.184. The molecule has 0 saturated carbocycles. The first kappa shape index (κ1) is 17.0. The average molecular weight is 252 g/mol. The Kier molecular flexibility index (Phi) is 8.47. The molecule has 0 atom stereocenters. The van der Waals surface area contributed by atoms with E-state index in [1.54, 1.807) is 0 Å². The fourth-order valence-electron chi connectivity index (χ4n) is 1.40. The molecule has 0 aliphatic rings. The number of benzene rings is 1. The maximum Gasteiger partial charge on any atom is 0.120 e. The van der Waals surface area contributed by atoms with Crippen molar-refractivity contribution in [2.45, 2.75) is 59.7 Å². The number of para-hydroxylation sites is 1. The zero-order chi connectivity index (χ0) is 14.0. The molecule has 0 aliphatic heterocycles. The highest BCUT2D eigenvalue weighted by Crippen LogP contribution is 2.20. The first-order valence-corrected chi connectivity index (χ1v) is 6.85. The van der Waals surface area contributed by atoms with Crippen molar-refractivity contribution in [1.82, 2.24) is 0 Å². The van der Waals surface area contributed by atoms with E-state index in [1.165, 1.54) is 0 Å². The van der Waals surface area contributed by atoms with Crippen molar-refractivity contribution in [3.63, 3.8) is 0 Å². The minimum atomic E-state index is -0.184. The Morgan fingerprint density at radius 3 is 2.11 bits per heavy atom. The van der Waals surface area contributed by atoms with Gasteiger partial charge >= 0.3 is 0 Å². The van der Waals surface area contributed by atoms with Crippen LogP contribution in [0.4, 0.5) is 0 Å². The molecule has 0 saturated heterocycles. The Morgan fingerprint density at radius 2 is 1.61 bits per heavy atom. The van der Waals surface area contributed by atoms with Crippen LogP contribution in [0, 0.1) is 0 Å². The fourth-order valence-corrected chi connectivity index (χ4v) is 1.40. The number of hydrogen-bond acceptors (Lipinski definition) is 2. The van der Waals surface area contributed by atoms with Crippen LogP contribution in [0.3, 0.4) is 0 Å². The molecule has 0 radical (unpaired) electrons. The minimum absolute atomic E-state index is 0.184. The molecule has 104 valence electrons. The van der Waals surface area contributed by atoms with Gasteiger partial charge in [0.15, 0.2) is 0 Å². The smallest absolute Gasteiger partial charge is 0.120 e. The lowest BCUT2D eigenvalue weighted by molar-refractivity contribution is 0.0231. The van der Waals surface area contributed by atoms with Crippen LogP contribution in [0.25, 0.3) is 0 Å². The van der Waals surface area contributed by atoms with Crippen LogP contribution in [-0.4, -0.2) is 18.3 Å². The van der Waals surface area contributed by atoms with E-state index in [0.717, 1.165) is 18.8 Å². The predicted molar refractivity (Wildman–Crippen MR) is 78.2 cm³/mol. The summed E-state index contributed by atoms with van der Waals surface area (Å²) in [4.78, 5) is 0. The summed E-state index contributed by atoms with van der Waals surface area (Å²) in [6, 6.07) is 9.91. The molecule has 0 N–H and O–H groups in total. The van der Waals surface area contributed by atoms with Crippen molar-refractivity contribution in [2.75, 3.05) is 6.61 Å². The third-order valence-electron chi connectivity index (χ3n) is 2.29. The van der Waals surface area contributed by atoms with E-state index in [2.05, 4.69) is 13.8 Å². The van der Waals surface area contributed by atoms with Gasteiger partial charge in [-0.3, -0.25) is 0 Å². The molecule has 0 spiro atoms. The standard InChI is InChI=1S/C14H22O2.C2H6/c1-12(2)15-11-10-14(3,4)16-13-8-6-5-7-9-13;1-2/h5-9,12H,10-11H2,1-4H3;1-2H3. The van der Waals surface area contributed by atoms with Crippen LogP contribution < -0.4 is 4.74 Å². The molecule has 1 aromatic carbocycles. The van der Waals surface area contributed by atoms with Crippen LogP contribution >= 0.6 is 0 Å². The second-order valence-corrected chi connectivity index (χ2v) is 4.84. The molecule has 1 rings (SSSR count). The SMILES string of the molecule is CC.CC(C)OCCC(C)(C)Oc1ccccc1. The van der Waals surface area contributed by atoms with Crippen molar-refractivity contribution in [2.24, 2.45) is 0 Å². The molecule has 0 heterocycles. The van der Waals surface area contributed by atoms with Gasteiger partial charge in [-0.2, -0.15) is 0 Å². The summed E-state index contributed by atoms with van der Waals surface area (Å²) in [6.07, 6.45) is 1.17. The Hall–Kier alpha value is -1.02. The highest BCUT2D eigenvalue weighted by Gasteiger charge is 2.19. The first-order valence-electron chi connectivity index (χ1n) is 6.85. The average Bonchev–Trinajstić information content (AvgIpc) is 2.31. The summed E-state index contributed by atoms with van der Waals surface area (Å²) in [6.45, 7) is 13.0. The number of ether oxygens (including phenoxy) is 2. The minimum Gasteiger partial charge on any atom is -0.488 e. The molecule has 2 heteroatoms. The van der Waals surface area contributed by atoms with Crippen molar-refractivity contribution in [3.8, 4) is 5.75 Å². The number of hydrogen-bond donors (Lipinski definition) is 0. The maximum atomic E-state index is 5.90. The van der Waals surface area contributed by atoms with E-state index in [0.29, 0.717) is 0 Å². The van der Waals surface area contributed by atoms with Gasteiger partial charge in [0.2, 0.25) is 0 Å². The van der Waals surface area contributed by atoms with Gasteiger partial charge in [0.1, 0.15) is 11.4 Å². The fraction of sp³-hybridized carbons (Fsp3) is 0.625. The van der Waals surface area contributed by atoms with Crippen LogP contribution in [0.2, 0.25) is 0 Å². The summed E-state index contributed by atoms with van der Waals surface area (Å²) >= 11 is 0. The van der Waals surface area contributed by atoms with E-state index in [4.69, 9.17) is 9.47 Å². The lowest BCUT2D eigenvalue weighted by atomic mass is 10.1. The molecule has 0 aromatic heterocycles. The highest BCUT2D eigenvalue weighted by molar-refractivity contribution is 5.21. The molecule has 18 heavy (non-hydrogen) atoms. The molecule has 0 amide bonds. The second kappa shape index (κ2) is 8.98. The van der Waals surface area contributed by atoms with Crippen molar-refractivity contribution >= 4 is 0 Å². The molecular weight excluding hydrogens is 224 g/mol. The monoisotopic (exact) mass is 252 g/mol. The zero-order valence-corrected chi connectivity index (χ0v) is 12.7. The quantitative estimate of drug-likeness (QED) is 0.731. The van der Waals surface area contributed by atoms with Gasteiger partial charge in [0, 0.05) is 6.42 Å². The summed E-state index contributed by atoms with van der Waals surface area (Å²) < 4.78 is 11.4. The molecule has 0 bridgehead atoms. The van der Waals surface area contributed by atoms with Crippen molar-refractivity contribution in [1.29, 1.82) is 0 Å². The van der Waals surface area contributed by atoms with E-state index in [1.807, 2.05) is 58.0 Å². The third-order valence-corrected chi connectivity index (χ3v) is 2.29. The first-order chi connectivity index (χ1) is 8.49. The van der Waals surface area contributed by atoms with E-state index >= 15 is 0 Å². The molecule has 0 aliphatic carbocycles. The maximum absolute atomic E-state index is 5.90. The lowest BCUT2D eigenvalue weighted by Gasteiger charge is -2.26. The van der Waals surface area contributed by atoms with Crippen LogP contribution in [0.15, 0.2) is 30.3 Å². The molecular formula is C16H28O2. The van der Waals surface area contributed by atoms with Crippen molar-refractivity contribution < 1.29 is 9.47 Å². The van der Waals surface area contributed by atoms with Crippen LogP contribution in [0.5, 0.6) is 5.75 Å². The lowest BCUT2D eigenvalue weighted by Crippen LogP contribution is -2.30. The zero-order valence-electron chi connectivity index (χ0n) is 12.7. The van der Waals surface area contributed by atoms with Crippen LogP contribution in [-0.2, 0) is 4.74 Å². The third kappa shape index (κ3) is 8.13. The summed E-state index contributed by atoms with van der Waals surface area (Å²) in [7, 11) is 0. The summed E-state index contributed by atoms with van der Waals surface area (Å²) in [5, 5.41) is 0. The van der Waals surface area contributed by atoms with Gasteiger partial charge in [0.05, 0.1) is 12.7 Å². The van der Waals surface area contributed by atoms with Crippen LogP contribution in [0.1, 0.15) is 48.0 Å². The highest BCUT2D eigenvalue weighted by atomic mass is 16.5. The summed E-state index contributed by atoms with van der Waals surface area (Å²) in [5.74, 6) is 0.914. The van der Waals surface area contributed by atoms with Crippen molar-refractivity contribution in [3.05, 3.63) is 30.3 Å². The molecule has 0 unspecified atom stereocenters. The van der Waals surface area contributed by atoms with Gasteiger partial charge in [-0.15, -0.1) is 0 Å². The van der Waals surface area contributed by atoms with Gasteiger partial charge in [-0.05, 0) is 39.8 Å². The van der Waals surface area contributed by atoms with Gasteiger partial charge in [0.25, 0.3) is 0 Å². The van der Waals surface area contributed by atoms with Gasteiger partial charge in [-0.1, -0.05) is 32.0 Å². The Labute approximate surface area is 112 Å². The second-order valence-electron chi connectivity index (χ2n) is 4.84. The Balaban J connectivity index is 0.00000137. The van der Waals surface area contributed by atoms with E-state index in [-0.39, 0.29) is 11.7 Å². The molecule has 1 aromatic rings.